The van der Waals surface area contributed by atoms with Crippen LogP contribution < -0.4 is 4.72 Å². The maximum Gasteiger partial charge on any atom is 0.240 e. The molecule has 4 unspecified atom stereocenters. The Balaban J connectivity index is 1.09. The second-order valence-electron chi connectivity index (χ2n) is 14.1. The van der Waals surface area contributed by atoms with Crippen LogP contribution in [-0.2, 0) is 38.2 Å². The highest BCUT2D eigenvalue weighted by atomic mass is 35.5. The molecule has 3 N–H and O–H groups in total. The van der Waals surface area contributed by atoms with Crippen LogP contribution in [0.2, 0.25) is 5.02 Å². The van der Waals surface area contributed by atoms with Gasteiger partial charge in [-0.25, -0.2) is 13.1 Å². The molecule has 2 heterocycles. The van der Waals surface area contributed by atoms with Crippen molar-refractivity contribution in [2.75, 3.05) is 19.6 Å². The molecule has 5 aromatic rings. The van der Waals surface area contributed by atoms with Gasteiger partial charge in [0.1, 0.15) is 0 Å². The third kappa shape index (κ3) is 8.75. The van der Waals surface area contributed by atoms with Crippen LogP contribution in [0.25, 0.3) is 11.1 Å². The molecule has 4 atom stereocenters. The Morgan fingerprint density at radius 3 is 2.17 bits per heavy atom. The number of hydrogen-bond donors (Lipinski definition) is 3. The maximum atomic E-state index is 12.8. The number of rotatable bonds is 11. The van der Waals surface area contributed by atoms with Gasteiger partial charge in [0.25, 0.3) is 0 Å². The lowest BCUT2D eigenvalue weighted by Crippen LogP contribution is -2.49. The molecule has 276 valence electrons. The van der Waals surface area contributed by atoms with Crippen molar-refractivity contribution in [1.82, 2.24) is 9.62 Å². The minimum absolute atomic E-state index is 0.0165. The zero-order valence-electron chi connectivity index (χ0n) is 29.6. The summed E-state index contributed by atoms with van der Waals surface area (Å²) >= 11 is 6.11. The van der Waals surface area contributed by atoms with Crippen LogP contribution >= 0.6 is 11.6 Å². The van der Waals surface area contributed by atoms with Crippen LogP contribution in [0.5, 0.6) is 0 Å². The van der Waals surface area contributed by atoms with Gasteiger partial charge in [-0.2, -0.15) is 0 Å². The first-order valence-electron chi connectivity index (χ1n) is 18.1. The Kier molecular flexibility index (Phi) is 11.5. The molecule has 0 amide bonds. The van der Waals surface area contributed by atoms with Gasteiger partial charge in [-0.3, -0.25) is 0 Å². The van der Waals surface area contributed by atoms with E-state index >= 15 is 0 Å². The van der Waals surface area contributed by atoms with E-state index in [2.05, 4.69) is 22.6 Å². The highest BCUT2D eigenvalue weighted by molar-refractivity contribution is 7.89. The Labute approximate surface area is 317 Å². The monoisotopic (exact) mass is 752 g/mol. The lowest BCUT2D eigenvalue weighted by molar-refractivity contribution is -0.277. The van der Waals surface area contributed by atoms with E-state index < -0.39 is 21.9 Å². The molecule has 10 heteroatoms. The predicted octanol–water partition coefficient (Wildman–Crippen LogP) is 7.75. The van der Waals surface area contributed by atoms with Gasteiger partial charge in [0.05, 0.1) is 29.3 Å². The number of sulfonamides is 1. The van der Waals surface area contributed by atoms with Crippen molar-refractivity contribution in [3.05, 3.63) is 160 Å². The van der Waals surface area contributed by atoms with Crippen LogP contribution in [0.15, 0.2) is 132 Å². The number of piperidine rings is 1. The Morgan fingerprint density at radius 2 is 1.47 bits per heavy atom. The smallest absolute Gasteiger partial charge is 0.240 e. The Bertz CT molecular complexity index is 2090. The molecule has 5 aromatic carbocycles. The van der Waals surface area contributed by atoms with Gasteiger partial charge >= 0.3 is 0 Å². The number of nitrogens with one attached hydrogen (secondary N) is 1. The van der Waals surface area contributed by atoms with E-state index in [-0.39, 0.29) is 36.2 Å². The largest absolute Gasteiger partial charge is 0.392 e. The summed E-state index contributed by atoms with van der Waals surface area (Å²) in [5, 5.41) is 21.8. The number of hydrogen-bond acceptors (Lipinski definition) is 7. The number of nitrogens with zero attached hydrogens (tertiary/aromatic N) is 1. The van der Waals surface area contributed by atoms with Crippen molar-refractivity contribution < 1.29 is 28.1 Å². The van der Waals surface area contributed by atoms with E-state index in [1.807, 2.05) is 91.0 Å². The zero-order chi connectivity index (χ0) is 37.0. The molecule has 2 fully saturated rings. The number of aliphatic hydroxyl groups excluding tert-OH is 1. The molecule has 2 aliphatic heterocycles. The van der Waals surface area contributed by atoms with E-state index in [1.165, 1.54) is 0 Å². The number of aliphatic hydroxyl groups is 2. The molecular formula is C43H45ClN2O6S. The minimum Gasteiger partial charge on any atom is -0.392 e. The standard InChI is InChI=1S/C43H45ClN2O6S/c1-30-40(28-46-23-21-43(48,22-24-46)37-17-19-38(44)20-18-37)51-42(52-41(30)33-15-13-31(29-47)14-16-33)36-10-6-9-35(26-36)34-8-5-7-32(25-34)27-45-53(49,50)39-11-3-2-4-12-39/h2-20,25-26,30,40-42,45,47-48H,21-24,27-29H2,1H3. The quantitative estimate of drug-likeness (QED) is 0.127. The van der Waals surface area contributed by atoms with Gasteiger partial charge in [-0.15, -0.1) is 0 Å². The minimum atomic E-state index is -3.65. The van der Waals surface area contributed by atoms with E-state index in [1.54, 1.807) is 30.3 Å². The van der Waals surface area contributed by atoms with Gasteiger partial charge in [-0.05, 0) is 82.6 Å². The molecule has 0 aliphatic carbocycles. The molecule has 0 spiro atoms. The lowest BCUT2D eigenvalue weighted by atomic mass is 9.84. The van der Waals surface area contributed by atoms with Crippen molar-refractivity contribution in [2.45, 2.75) is 61.9 Å². The highest BCUT2D eigenvalue weighted by Crippen LogP contribution is 2.43. The number of ether oxygens (including phenoxy) is 2. The fraction of sp³-hybridized carbons (Fsp3) is 0.302. The summed E-state index contributed by atoms with van der Waals surface area (Å²) < 4.78 is 42.0. The van der Waals surface area contributed by atoms with Crippen molar-refractivity contribution in [1.29, 1.82) is 0 Å². The van der Waals surface area contributed by atoms with E-state index in [9.17, 15) is 18.6 Å². The van der Waals surface area contributed by atoms with E-state index in [0.717, 1.165) is 52.0 Å². The third-order valence-corrected chi connectivity index (χ3v) is 12.2. The van der Waals surface area contributed by atoms with Gasteiger partial charge in [0.2, 0.25) is 10.0 Å². The summed E-state index contributed by atoms with van der Waals surface area (Å²) in [6.07, 6.45) is 0.150. The summed E-state index contributed by atoms with van der Waals surface area (Å²) in [5.74, 6) is 0.0165. The number of likely N-dealkylation sites (tertiary alicyclic amines) is 1. The highest BCUT2D eigenvalue weighted by Gasteiger charge is 2.41. The molecule has 53 heavy (non-hydrogen) atoms. The van der Waals surface area contributed by atoms with E-state index in [0.29, 0.717) is 24.4 Å². The van der Waals surface area contributed by atoms with Crippen LogP contribution in [0, 0.1) is 5.92 Å². The van der Waals surface area contributed by atoms with Gasteiger partial charge in [-0.1, -0.05) is 110 Å². The van der Waals surface area contributed by atoms with Gasteiger partial charge in [0, 0.05) is 42.7 Å². The van der Waals surface area contributed by atoms with Gasteiger partial charge in [0.15, 0.2) is 6.29 Å². The van der Waals surface area contributed by atoms with Crippen LogP contribution in [-0.4, -0.2) is 49.3 Å². The molecule has 2 aliphatic rings. The van der Waals surface area contributed by atoms with Crippen molar-refractivity contribution >= 4 is 21.6 Å². The average molecular weight is 753 g/mol. The van der Waals surface area contributed by atoms with E-state index in [4.69, 9.17) is 21.1 Å². The summed E-state index contributed by atoms with van der Waals surface area (Å²) in [7, 11) is -3.65. The molecule has 8 nitrogen and oxygen atoms in total. The summed E-state index contributed by atoms with van der Waals surface area (Å²) in [4.78, 5) is 2.60. The molecule has 0 saturated carbocycles. The maximum absolute atomic E-state index is 12.8. The average Bonchev–Trinajstić information content (AvgIpc) is 3.19. The second-order valence-corrected chi connectivity index (χ2v) is 16.3. The second kappa shape index (κ2) is 16.2. The summed E-state index contributed by atoms with van der Waals surface area (Å²) in [6.45, 7) is 4.42. The molecule has 7 rings (SSSR count). The first kappa shape index (κ1) is 37.4. The van der Waals surface area contributed by atoms with Crippen molar-refractivity contribution in [2.24, 2.45) is 5.92 Å². The normalized spacial score (nSPS) is 22.0. The Hall–Kier alpha value is -3.90. The molecule has 2 saturated heterocycles. The topological polar surface area (TPSA) is 108 Å². The van der Waals surface area contributed by atoms with Crippen molar-refractivity contribution in [3.8, 4) is 11.1 Å². The molecule has 0 aromatic heterocycles. The fourth-order valence-corrected chi connectivity index (χ4v) is 8.49. The molecule has 0 bridgehead atoms. The first-order chi connectivity index (χ1) is 25.6. The molecular weight excluding hydrogens is 708 g/mol. The Morgan fingerprint density at radius 1 is 0.792 bits per heavy atom. The first-order valence-corrected chi connectivity index (χ1v) is 19.9. The van der Waals surface area contributed by atoms with Gasteiger partial charge < -0.3 is 24.6 Å². The summed E-state index contributed by atoms with van der Waals surface area (Å²) in [6, 6.07) is 39.7. The SMILES string of the molecule is CC1C(CN2CCC(O)(c3ccc(Cl)cc3)CC2)OC(c2cccc(-c3cccc(CNS(=O)(=O)c4ccccc4)c3)c2)OC1c1ccc(CO)cc1. The summed E-state index contributed by atoms with van der Waals surface area (Å²) in [5.41, 5.74) is 5.47. The number of halogens is 1. The van der Waals surface area contributed by atoms with Crippen molar-refractivity contribution in [3.63, 3.8) is 0 Å². The number of benzene rings is 5. The zero-order valence-corrected chi connectivity index (χ0v) is 31.2. The predicted molar refractivity (Wildman–Crippen MR) is 206 cm³/mol. The third-order valence-electron chi connectivity index (χ3n) is 10.6. The van der Waals surface area contributed by atoms with Crippen LogP contribution in [0.1, 0.15) is 60.0 Å². The van der Waals surface area contributed by atoms with Crippen LogP contribution in [0.4, 0.5) is 0 Å². The van der Waals surface area contributed by atoms with Crippen LogP contribution in [0.3, 0.4) is 0 Å². The fourth-order valence-electron chi connectivity index (χ4n) is 7.32. The molecule has 0 radical (unpaired) electrons. The lowest BCUT2D eigenvalue weighted by Gasteiger charge is -2.45.